The summed E-state index contributed by atoms with van der Waals surface area (Å²) in [4.78, 5) is 32.5. The van der Waals surface area contributed by atoms with Crippen molar-refractivity contribution in [3.8, 4) is 0 Å². The van der Waals surface area contributed by atoms with Crippen LogP contribution in [0.5, 0.6) is 0 Å². The lowest BCUT2D eigenvalue weighted by molar-refractivity contribution is -0.145. The quantitative estimate of drug-likeness (QED) is 0.319. The van der Waals surface area contributed by atoms with Crippen LogP contribution in [0.1, 0.15) is 81.1 Å². The number of aliphatic hydroxyl groups is 1. The number of amides is 1. The molecule has 0 bridgehead atoms. The molecular weight excluding hydrogens is 374 g/mol. The molecule has 0 aromatic rings. The van der Waals surface area contributed by atoms with Gasteiger partial charge in [0.2, 0.25) is 5.91 Å². The summed E-state index contributed by atoms with van der Waals surface area (Å²) in [6.45, 7) is 18.7. The van der Waals surface area contributed by atoms with E-state index in [1.807, 2.05) is 34.6 Å². The van der Waals surface area contributed by atoms with E-state index >= 15 is 0 Å². The first-order chi connectivity index (χ1) is 13.4. The van der Waals surface area contributed by atoms with E-state index in [9.17, 15) is 14.4 Å². The van der Waals surface area contributed by atoms with Crippen LogP contribution < -0.4 is 5.32 Å². The molecule has 0 radical (unpaired) electrons. The Hall–Kier alpha value is -1.89. The smallest absolute Gasteiger partial charge is 0.333 e. The number of carbonyl (C=O) groups is 3. The standard InChI is InChI=1S/C12H21NO3.C6H12O2.C4H10O/c1-5-10(4)8-11(14)13-6-7-16-12(15)9(2)3;1-4-5(2)8-6(3)7;1-3-4(2)5/h10H,2,5-8H2,1,3-4H3,(H,13,14);5H,4H2,1-3H3;4-5H,3H2,1-2H3. The van der Waals surface area contributed by atoms with Gasteiger partial charge in [-0.1, -0.05) is 40.7 Å². The summed E-state index contributed by atoms with van der Waals surface area (Å²) < 4.78 is 9.59. The molecule has 0 saturated heterocycles. The van der Waals surface area contributed by atoms with Crippen molar-refractivity contribution in [3.63, 3.8) is 0 Å². The predicted molar refractivity (Wildman–Crippen MR) is 116 cm³/mol. The van der Waals surface area contributed by atoms with E-state index in [2.05, 4.69) is 11.9 Å². The van der Waals surface area contributed by atoms with Crippen LogP contribution in [-0.4, -0.2) is 48.3 Å². The lowest BCUT2D eigenvalue weighted by Gasteiger charge is -2.09. The predicted octanol–water partition coefficient (Wildman–Crippen LogP) is 3.78. The van der Waals surface area contributed by atoms with Crippen LogP contribution in [-0.2, 0) is 23.9 Å². The Labute approximate surface area is 177 Å². The lowest BCUT2D eigenvalue weighted by Crippen LogP contribution is -2.29. The summed E-state index contributed by atoms with van der Waals surface area (Å²) in [7, 11) is 0. The number of hydrogen-bond donors (Lipinski definition) is 2. The van der Waals surface area contributed by atoms with Gasteiger partial charge in [-0.25, -0.2) is 4.79 Å². The van der Waals surface area contributed by atoms with Crippen LogP contribution >= 0.6 is 0 Å². The second-order valence-corrected chi connectivity index (χ2v) is 7.07. The summed E-state index contributed by atoms with van der Waals surface area (Å²) in [6, 6.07) is 0. The number of ether oxygens (including phenoxy) is 2. The Morgan fingerprint density at radius 1 is 1.00 bits per heavy atom. The Bertz CT molecular complexity index is 462. The molecule has 0 fully saturated rings. The topological polar surface area (TPSA) is 102 Å². The molecule has 0 aliphatic heterocycles. The summed E-state index contributed by atoms with van der Waals surface area (Å²) in [5.74, 6) is -0.228. The van der Waals surface area contributed by atoms with E-state index in [0.29, 0.717) is 24.5 Å². The molecule has 0 aromatic carbocycles. The van der Waals surface area contributed by atoms with Gasteiger partial charge in [-0.2, -0.15) is 0 Å². The van der Waals surface area contributed by atoms with Gasteiger partial charge in [-0.3, -0.25) is 9.59 Å². The molecule has 0 aliphatic carbocycles. The minimum Gasteiger partial charge on any atom is -0.463 e. The third kappa shape index (κ3) is 28.4. The van der Waals surface area contributed by atoms with E-state index in [-0.39, 0.29) is 30.7 Å². The van der Waals surface area contributed by atoms with Gasteiger partial charge in [0.25, 0.3) is 0 Å². The van der Waals surface area contributed by atoms with Crippen molar-refractivity contribution in [1.29, 1.82) is 0 Å². The number of aliphatic hydroxyl groups excluding tert-OH is 1. The van der Waals surface area contributed by atoms with Crippen LogP contribution in [0.4, 0.5) is 0 Å². The van der Waals surface area contributed by atoms with E-state index in [0.717, 1.165) is 19.3 Å². The van der Waals surface area contributed by atoms with E-state index in [1.165, 1.54) is 6.92 Å². The first-order valence-corrected chi connectivity index (χ1v) is 10.4. The third-order valence-corrected chi connectivity index (χ3v) is 3.77. The largest absolute Gasteiger partial charge is 0.463 e. The molecule has 2 N–H and O–H groups in total. The fourth-order valence-electron chi connectivity index (χ4n) is 1.36. The Kier molecular flexibility index (Phi) is 22.8. The summed E-state index contributed by atoms with van der Waals surface area (Å²) in [5, 5.41) is 11.1. The van der Waals surface area contributed by atoms with Gasteiger partial charge in [-0.05, 0) is 39.5 Å². The normalized spacial score (nSPS) is 12.6. The molecule has 0 rings (SSSR count). The van der Waals surface area contributed by atoms with Crippen molar-refractivity contribution in [2.45, 2.75) is 93.3 Å². The maximum atomic E-state index is 11.3. The Morgan fingerprint density at radius 2 is 1.52 bits per heavy atom. The second-order valence-electron chi connectivity index (χ2n) is 7.07. The first-order valence-electron chi connectivity index (χ1n) is 10.4. The van der Waals surface area contributed by atoms with Crippen molar-refractivity contribution in [1.82, 2.24) is 5.32 Å². The molecule has 1 amide bonds. The molecule has 0 aliphatic rings. The summed E-state index contributed by atoms with van der Waals surface area (Å²) >= 11 is 0. The second kappa shape index (κ2) is 20.8. The molecule has 0 heterocycles. The highest BCUT2D eigenvalue weighted by Gasteiger charge is 2.07. The van der Waals surface area contributed by atoms with Crippen LogP contribution in [0.2, 0.25) is 0 Å². The molecule has 0 aromatic heterocycles. The minimum absolute atomic E-state index is 0.000670. The average Bonchev–Trinajstić information content (AvgIpc) is 2.65. The number of hydrogen-bond acceptors (Lipinski definition) is 6. The zero-order valence-electron chi connectivity index (χ0n) is 19.7. The third-order valence-electron chi connectivity index (χ3n) is 3.77. The molecular formula is C22H43NO6. The van der Waals surface area contributed by atoms with Gasteiger partial charge in [0.15, 0.2) is 0 Å². The highest BCUT2D eigenvalue weighted by atomic mass is 16.5. The fraction of sp³-hybridized carbons (Fsp3) is 0.773. The monoisotopic (exact) mass is 417 g/mol. The number of rotatable bonds is 10. The Morgan fingerprint density at radius 3 is 1.83 bits per heavy atom. The number of esters is 2. The highest BCUT2D eigenvalue weighted by Crippen LogP contribution is 2.05. The number of carbonyl (C=O) groups excluding carboxylic acids is 3. The molecule has 0 saturated carbocycles. The van der Waals surface area contributed by atoms with E-state index < -0.39 is 5.97 Å². The average molecular weight is 418 g/mol. The van der Waals surface area contributed by atoms with E-state index in [4.69, 9.17) is 14.6 Å². The van der Waals surface area contributed by atoms with Crippen molar-refractivity contribution < 1.29 is 29.0 Å². The van der Waals surface area contributed by atoms with Gasteiger partial charge in [0.05, 0.1) is 18.8 Å². The van der Waals surface area contributed by atoms with Gasteiger partial charge in [0, 0.05) is 18.9 Å². The van der Waals surface area contributed by atoms with Crippen LogP contribution in [0.15, 0.2) is 12.2 Å². The lowest BCUT2D eigenvalue weighted by atomic mass is 10.1. The van der Waals surface area contributed by atoms with Crippen molar-refractivity contribution in [2.75, 3.05) is 13.2 Å². The fourth-order valence-corrected chi connectivity index (χ4v) is 1.36. The van der Waals surface area contributed by atoms with Crippen LogP contribution in [0.25, 0.3) is 0 Å². The maximum Gasteiger partial charge on any atom is 0.333 e. The number of nitrogens with one attached hydrogen (secondary N) is 1. The molecule has 3 atom stereocenters. The van der Waals surface area contributed by atoms with Crippen LogP contribution in [0, 0.1) is 5.92 Å². The molecule has 3 unspecified atom stereocenters. The van der Waals surface area contributed by atoms with Crippen LogP contribution in [0.3, 0.4) is 0 Å². The van der Waals surface area contributed by atoms with Gasteiger partial charge in [0.1, 0.15) is 6.61 Å². The minimum atomic E-state index is -0.420. The molecule has 172 valence electrons. The molecule has 0 spiro atoms. The maximum absolute atomic E-state index is 11.3. The highest BCUT2D eigenvalue weighted by molar-refractivity contribution is 5.86. The summed E-state index contributed by atoms with van der Waals surface area (Å²) in [5.41, 5.74) is 0.367. The SMILES string of the molecule is C=C(C)C(=O)OCCNC(=O)CC(C)CC.CCC(C)O.CCC(C)OC(C)=O. The molecule has 7 heteroatoms. The zero-order chi connectivity index (χ0) is 23.4. The van der Waals surface area contributed by atoms with Crippen molar-refractivity contribution >= 4 is 17.8 Å². The van der Waals surface area contributed by atoms with Crippen molar-refractivity contribution in [2.24, 2.45) is 5.92 Å². The van der Waals surface area contributed by atoms with E-state index in [1.54, 1.807) is 13.8 Å². The molecule has 29 heavy (non-hydrogen) atoms. The zero-order valence-corrected chi connectivity index (χ0v) is 19.7. The van der Waals surface area contributed by atoms with Gasteiger partial charge >= 0.3 is 11.9 Å². The van der Waals surface area contributed by atoms with Crippen molar-refractivity contribution in [3.05, 3.63) is 12.2 Å². The van der Waals surface area contributed by atoms with Gasteiger partial charge in [-0.15, -0.1) is 0 Å². The Balaban J connectivity index is -0.000000430. The first kappa shape index (κ1) is 31.8. The molecule has 7 nitrogen and oxygen atoms in total. The summed E-state index contributed by atoms with van der Waals surface area (Å²) in [6.07, 6.45) is 3.21. The van der Waals surface area contributed by atoms with Gasteiger partial charge < -0.3 is 19.9 Å².